The van der Waals surface area contributed by atoms with Crippen molar-refractivity contribution >= 4 is 27.6 Å². The summed E-state index contributed by atoms with van der Waals surface area (Å²) >= 11 is 0. The fraction of sp³-hybridized carbons (Fsp3) is 0.355. The largest absolute Gasteiger partial charge is 0.493 e. The lowest BCUT2D eigenvalue weighted by Gasteiger charge is -2.30. The summed E-state index contributed by atoms with van der Waals surface area (Å²) in [5.74, 6) is -0.251. The molecule has 5 rings (SSSR count). The summed E-state index contributed by atoms with van der Waals surface area (Å²) in [5.41, 5.74) is 6.06. The molecule has 1 aliphatic heterocycles. The molecule has 37 heavy (non-hydrogen) atoms. The molecule has 2 N–H and O–H groups in total. The summed E-state index contributed by atoms with van der Waals surface area (Å²) in [6.07, 6.45) is 0.633. The monoisotopic (exact) mass is 499 g/mol. The minimum atomic E-state index is -1.22. The van der Waals surface area contributed by atoms with E-state index in [4.69, 9.17) is 9.47 Å². The molecular formula is C31H33NO5. The minimum absolute atomic E-state index is 0.0741. The van der Waals surface area contributed by atoms with Gasteiger partial charge in [0, 0.05) is 16.3 Å². The first-order valence-corrected chi connectivity index (χ1v) is 12.7. The molecular weight excluding hydrogens is 466 g/mol. The highest BCUT2D eigenvalue weighted by Gasteiger charge is 2.34. The van der Waals surface area contributed by atoms with Crippen LogP contribution in [0.2, 0.25) is 0 Å². The quantitative estimate of drug-likeness (QED) is 0.295. The van der Waals surface area contributed by atoms with Gasteiger partial charge in [0.25, 0.3) is 0 Å². The summed E-state index contributed by atoms with van der Waals surface area (Å²) in [4.78, 5) is 17.3. The van der Waals surface area contributed by atoms with Crippen molar-refractivity contribution < 1.29 is 24.5 Å². The maximum atomic E-state index is 12.7. The van der Waals surface area contributed by atoms with Gasteiger partial charge in [0.15, 0.2) is 6.10 Å². The Balaban J connectivity index is 1.96. The van der Waals surface area contributed by atoms with Crippen LogP contribution in [0.4, 0.5) is 0 Å². The van der Waals surface area contributed by atoms with Gasteiger partial charge in [0.2, 0.25) is 5.88 Å². The fourth-order valence-electron chi connectivity index (χ4n) is 5.68. The van der Waals surface area contributed by atoms with Crippen LogP contribution in [-0.4, -0.2) is 33.4 Å². The molecule has 0 unspecified atom stereocenters. The van der Waals surface area contributed by atoms with Gasteiger partial charge in [-0.05, 0) is 105 Å². The standard InChI is InChI=1S/C31H33NO5/c1-16-19-12-9-15-36-23(19)14-13-20(16)24-17(2)25-21-10-7-8-11-22(21)29(33)32-27(25)18(3)26(24)28(30(34)35)37-31(4,5)6/h7-8,10-11,13-14,28H,9,12,15H2,1-6H3,(H,32,33)(H,34,35)/t28-/m0/s1. The van der Waals surface area contributed by atoms with Gasteiger partial charge in [-0.1, -0.05) is 24.3 Å². The number of aliphatic carboxylic acids is 1. The first kappa shape index (κ1) is 25.0. The maximum absolute atomic E-state index is 12.7. The predicted octanol–water partition coefficient (Wildman–Crippen LogP) is 6.95. The molecule has 192 valence electrons. The topological polar surface area (TPSA) is 88.9 Å². The Morgan fingerprint density at radius 2 is 1.73 bits per heavy atom. The van der Waals surface area contributed by atoms with Crippen LogP contribution in [0.15, 0.2) is 36.4 Å². The van der Waals surface area contributed by atoms with Crippen LogP contribution in [0.25, 0.3) is 32.8 Å². The Labute approximate surface area is 216 Å². The third-order valence-corrected chi connectivity index (χ3v) is 7.28. The summed E-state index contributed by atoms with van der Waals surface area (Å²) in [6.45, 7) is 12.2. The van der Waals surface area contributed by atoms with Crippen LogP contribution in [0.1, 0.15) is 61.1 Å². The van der Waals surface area contributed by atoms with E-state index in [1.807, 2.05) is 71.0 Å². The molecule has 3 aromatic carbocycles. The van der Waals surface area contributed by atoms with Crippen LogP contribution < -0.4 is 4.74 Å². The number of hydrogen-bond acceptors (Lipinski definition) is 5. The lowest BCUT2D eigenvalue weighted by atomic mass is 9.82. The first-order valence-electron chi connectivity index (χ1n) is 12.7. The van der Waals surface area contributed by atoms with Gasteiger partial charge in [-0.15, -0.1) is 0 Å². The number of nitrogens with zero attached hydrogens (tertiary/aromatic N) is 1. The Morgan fingerprint density at radius 1 is 1.03 bits per heavy atom. The second-order valence-electron chi connectivity index (χ2n) is 10.9. The van der Waals surface area contributed by atoms with Crippen molar-refractivity contribution in [3.63, 3.8) is 0 Å². The zero-order valence-electron chi connectivity index (χ0n) is 22.2. The molecule has 1 atom stereocenters. The van der Waals surface area contributed by atoms with Gasteiger partial charge in [0.05, 0.1) is 17.7 Å². The van der Waals surface area contributed by atoms with Crippen molar-refractivity contribution in [2.24, 2.45) is 0 Å². The minimum Gasteiger partial charge on any atom is -0.493 e. The molecule has 0 saturated heterocycles. The molecule has 6 nitrogen and oxygen atoms in total. The van der Waals surface area contributed by atoms with Gasteiger partial charge >= 0.3 is 5.97 Å². The van der Waals surface area contributed by atoms with E-state index in [0.29, 0.717) is 28.6 Å². The number of hydrogen-bond donors (Lipinski definition) is 2. The molecule has 1 aliphatic rings. The van der Waals surface area contributed by atoms with E-state index < -0.39 is 17.7 Å². The van der Waals surface area contributed by atoms with Gasteiger partial charge in [-0.2, -0.15) is 0 Å². The number of benzene rings is 3. The SMILES string of the molecule is Cc1c(-c2c([C@H](OC(C)(C)C)C(=O)O)c(C)c3nc(O)c4ccccc4c3c2C)ccc2c1CCCO2. The highest BCUT2D eigenvalue weighted by molar-refractivity contribution is 6.13. The number of carboxylic acid groups (broad SMARTS) is 1. The van der Waals surface area contributed by atoms with Crippen LogP contribution in [0.3, 0.4) is 0 Å². The van der Waals surface area contributed by atoms with E-state index in [9.17, 15) is 15.0 Å². The Kier molecular flexibility index (Phi) is 6.11. The second kappa shape index (κ2) is 9.03. The number of aromatic hydroxyl groups is 1. The molecule has 1 aromatic heterocycles. The fourth-order valence-corrected chi connectivity index (χ4v) is 5.68. The second-order valence-corrected chi connectivity index (χ2v) is 10.9. The van der Waals surface area contributed by atoms with E-state index in [0.717, 1.165) is 57.2 Å². The molecule has 0 aliphatic carbocycles. The first-order chi connectivity index (χ1) is 17.5. The van der Waals surface area contributed by atoms with Crippen LogP contribution in [-0.2, 0) is 16.0 Å². The van der Waals surface area contributed by atoms with Crippen molar-refractivity contribution in [1.82, 2.24) is 4.98 Å². The molecule has 4 aromatic rings. The normalized spacial score (nSPS) is 14.4. The third kappa shape index (κ3) is 4.19. The number of carboxylic acids is 1. The van der Waals surface area contributed by atoms with Crippen molar-refractivity contribution in [2.75, 3.05) is 6.61 Å². The number of rotatable bonds is 4. The van der Waals surface area contributed by atoms with Crippen LogP contribution in [0, 0.1) is 20.8 Å². The molecule has 0 fully saturated rings. The molecule has 0 bridgehead atoms. The molecule has 2 heterocycles. The smallest absolute Gasteiger partial charge is 0.337 e. The summed E-state index contributed by atoms with van der Waals surface area (Å²) < 4.78 is 12.1. The maximum Gasteiger partial charge on any atom is 0.337 e. The van der Waals surface area contributed by atoms with E-state index >= 15 is 0 Å². The predicted molar refractivity (Wildman–Crippen MR) is 146 cm³/mol. The summed E-state index contributed by atoms with van der Waals surface area (Å²) in [7, 11) is 0. The highest BCUT2D eigenvalue weighted by Crippen LogP contribution is 2.46. The summed E-state index contributed by atoms with van der Waals surface area (Å²) in [6, 6.07) is 11.7. The van der Waals surface area contributed by atoms with Crippen molar-refractivity contribution in [1.29, 1.82) is 0 Å². The average molecular weight is 500 g/mol. The van der Waals surface area contributed by atoms with E-state index in [1.54, 1.807) is 0 Å². The van der Waals surface area contributed by atoms with Crippen molar-refractivity contribution in [3.05, 3.63) is 64.2 Å². The van der Waals surface area contributed by atoms with Gasteiger partial charge < -0.3 is 19.7 Å². The van der Waals surface area contributed by atoms with Crippen LogP contribution >= 0.6 is 0 Å². The number of pyridine rings is 1. The van der Waals surface area contributed by atoms with E-state index in [1.165, 1.54) is 0 Å². The number of aryl methyl sites for hydroxylation is 2. The molecule has 0 amide bonds. The lowest BCUT2D eigenvalue weighted by Crippen LogP contribution is -2.28. The summed E-state index contributed by atoms with van der Waals surface area (Å²) in [5, 5.41) is 23.7. The number of ether oxygens (including phenoxy) is 2. The van der Waals surface area contributed by atoms with Crippen LogP contribution in [0.5, 0.6) is 11.6 Å². The zero-order valence-corrected chi connectivity index (χ0v) is 22.2. The number of aromatic nitrogens is 1. The molecule has 0 radical (unpaired) electrons. The molecule has 6 heteroatoms. The van der Waals surface area contributed by atoms with Gasteiger partial charge in [-0.3, -0.25) is 0 Å². The average Bonchev–Trinajstić information content (AvgIpc) is 2.85. The number of carbonyl (C=O) groups is 1. The lowest BCUT2D eigenvalue weighted by molar-refractivity contribution is -0.160. The zero-order chi connectivity index (χ0) is 26.6. The Hall–Kier alpha value is -3.64. The third-order valence-electron chi connectivity index (χ3n) is 7.28. The van der Waals surface area contributed by atoms with Crippen molar-refractivity contribution in [2.45, 2.75) is 66.1 Å². The van der Waals surface area contributed by atoms with Gasteiger partial charge in [-0.25, -0.2) is 9.78 Å². The Bertz CT molecular complexity index is 1560. The highest BCUT2D eigenvalue weighted by atomic mass is 16.5. The number of fused-ring (bicyclic) bond motifs is 4. The van der Waals surface area contributed by atoms with E-state index in [2.05, 4.69) is 11.9 Å². The van der Waals surface area contributed by atoms with Gasteiger partial charge in [0.1, 0.15) is 5.75 Å². The molecule has 0 saturated carbocycles. The van der Waals surface area contributed by atoms with E-state index in [-0.39, 0.29) is 5.88 Å². The van der Waals surface area contributed by atoms with Crippen molar-refractivity contribution in [3.8, 4) is 22.8 Å². The Morgan fingerprint density at radius 3 is 2.41 bits per heavy atom. The molecule has 0 spiro atoms.